The van der Waals surface area contributed by atoms with E-state index >= 15 is 0 Å². The lowest BCUT2D eigenvalue weighted by Crippen LogP contribution is -2.28. The largest absolute Gasteiger partial charge is 0.471 e. The van der Waals surface area contributed by atoms with Crippen molar-refractivity contribution in [3.05, 3.63) is 83.0 Å². The lowest BCUT2D eigenvalue weighted by molar-refractivity contribution is 0.0993. The average Bonchev–Trinajstić information content (AvgIpc) is 3.28. The van der Waals surface area contributed by atoms with Gasteiger partial charge in [-0.25, -0.2) is 4.98 Å². The number of halogens is 1. The van der Waals surface area contributed by atoms with Crippen molar-refractivity contribution in [2.75, 3.05) is 36.5 Å². The number of carbonyl (C=O) groups is 1. The van der Waals surface area contributed by atoms with Crippen molar-refractivity contribution < 1.29 is 14.6 Å². The van der Waals surface area contributed by atoms with Crippen molar-refractivity contribution in [1.82, 2.24) is 4.98 Å². The van der Waals surface area contributed by atoms with Crippen molar-refractivity contribution in [1.29, 1.82) is 0 Å². The molecule has 0 aliphatic carbocycles. The van der Waals surface area contributed by atoms with E-state index in [1.54, 1.807) is 30.3 Å². The second kappa shape index (κ2) is 10.0. The molecule has 1 fully saturated rings. The maximum Gasteiger partial charge on any atom is 0.258 e. The quantitative estimate of drug-likeness (QED) is 0.583. The van der Waals surface area contributed by atoms with Gasteiger partial charge in [-0.15, -0.1) is 0 Å². The molecule has 1 saturated heterocycles. The van der Waals surface area contributed by atoms with Gasteiger partial charge in [-0.1, -0.05) is 29.8 Å². The molecule has 0 unspecified atom stereocenters. The van der Waals surface area contributed by atoms with Gasteiger partial charge in [0.15, 0.2) is 0 Å². The van der Waals surface area contributed by atoms with Gasteiger partial charge in [-0.05, 0) is 54.4 Å². The Balaban J connectivity index is 1.51. The lowest BCUT2D eigenvalue weighted by atomic mass is 10.0. The maximum atomic E-state index is 13.0. The minimum absolute atomic E-state index is 0.0104. The number of pyridine rings is 1. The number of aromatic nitrogens is 1. The zero-order valence-corrected chi connectivity index (χ0v) is 18.7. The van der Waals surface area contributed by atoms with Crippen molar-refractivity contribution >= 4 is 28.9 Å². The summed E-state index contributed by atoms with van der Waals surface area (Å²) in [6, 6.07) is 18.8. The number of para-hydroxylation sites is 1. The van der Waals surface area contributed by atoms with Gasteiger partial charge in [-0.3, -0.25) is 4.79 Å². The minimum Gasteiger partial charge on any atom is -0.471 e. The van der Waals surface area contributed by atoms with E-state index in [0.717, 1.165) is 29.9 Å². The third-order valence-electron chi connectivity index (χ3n) is 5.64. The highest BCUT2D eigenvalue weighted by Crippen LogP contribution is 2.30. The summed E-state index contributed by atoms with van der Waals surface area (Å²) in [7, 11) is 1.77. The zero-order valence-electron chi connectivity index (χ0n) is 17.9. The smallest absolute Gasteiger partial charge is 0.258 e. The molecular formula is C25H26ClN3O3. The van der Waals surface area contributed by atoms with Crippen molar-refractivity contribution in [2.45, 2.75) is 18.9 Å². The SMILES string of the molecule is CN(C(=O)c1ccc(N2CC[C@H](Oc3ncccc3Cl)C2)c(CCO)c1)c1ccccc1. The zero-order chi connectivity index (χ0) is 22.5. The number of rotatable bonds is 7. The van der Waals surface area contributed by atoms with Crippen LogP contribution in [0.15, 0.2) is 66.9 Å². The number of hydrogen-bond acceptors (Lipinski definition) is 5. The summed E-state index contributed by atoms with van der Waals surface area (Å²) in [5.41, 5.74) is 3.38. The molecule has 6 nitrogen and oxygen atoms in total. The van der Waals surface area contributed by atoms with Crippen LogP contribution in [0.4, 0.5) is 11.4 Å². The monoisotopic (exact) mass is 451 g/mol. The molecule has 1 N–H and O–H groups in total. The number of anilines is 2. The first kappa shape index (κ1) is 22.1. The third-order valence-corrected chi connectivity index (χ3v) is 5.93. The second-order valence-electron chi connectivity index (χ2n) is 7.78. The molecule has 7 heteroatoms. The van der Waals surface area contributed by atoms with Crippen LogP contribution < -0.4 is 14.5 Å². The highest BCUT2D eigenvalue weighted by Gasteiger charge is 2.27. The fourth-order valence-corrected chi connectivity index (χ4v) is 4.14. The van der Waals surface area contributed by atoms with E-state index in [1.165, 1.54) is 0 Å². The molecule has 2 aromatic carbocycles. The minimum atomic E-state index is -0.0886. The Labute approximate surface area is 193 Å². The van der Waals surface area contributed by atoms with E-state index in [4.69, 9.17) is 16.3 Å². The van der Waals surface area contributed by atoms with E-state index in [2.05, 4.69) is 9.88 Å². The van der Waals surface area contributed by atoms with E-state index in [9.17, 15) is 9.90 Å². The van der Waals surface area contributed by atoms with Crippen LogP contribution in [0.25, 0.3) is 0 Å². The van der Waals surface area contributed by atoms with Crippen LogP contribution in [-0.2, 0) is 6.42 Å². The van der Waals surface area contributed by atoms with Crippen molar-refractivity contribution in [3.8, 4) is 5.88 Å². The van der Waals surface area contributed by atoms with E-state index < -0.39 is 0 Å². The van der Waals surface area contributed by atoms with E-state index in [0.29, 0.717) is 29.4 Å². The first-order chi connectivity index (χ1) is 15.6. The molecule has 0 saturated carbocycles. The molecule has 0 radical (unpaired) electrons. The molecule has 0 bridgehead atoms. The van der Waals surface area contributed by atoms with Gasteiger partial charge in [0, 0.05) is 49.8 Å². The molecule has 4 rings (SSSR count). The van der Waals surface area contributed by atoms with Crippen LogP contribution in [0.3, 0.4) is 0 Å². The summed E-state index contributed by atoms with van der Waals surface area (Å²) in [4.78, 5) is 21.1. The predicted molar refractivity (Wildman–Crippen MR) is 127 cm³/mol. The van der Waals surface area contributed by atoms with Gasteiger partial charge in [-0.2, -0.15) is 0 Å². The number of aliphatic hydroxyl groups is 1. The van der Waals surface area contributed by atoms with Crippen molar-refractivity contribution in [3.63, 3.8) is 0 Å². The summed E-state index contributed by atoms with van der Waals surface area (Å²) in [6.45, 7) is 1.50. The molecule has 0 spiro atoms. The Morgan fingerprint density at radius 3 is 2.78 bits per heavy atom. The Morgan fingerprint density at radius 1 is 1.22 bits per heavy atom. The fourth-order valence-electron chi connectivity index (χ4n) is 3.97. The molecule has 3 aromatic rings. The number of carbonyl (C=O) groups excluding carboxylic acids is 1. The highest BCUT2D eigenvalue weighted by atomic mass is 35.5. The van der Waals surface area contributed by atoms with E-state index in [1.807, 2.05) is 48.5 Å². The Morgan fingerprint density at radius 2 is 2.03 bits per heavy atom. The molecule has 2 heterocycles. The van der Waals surface area contributed by atoms with Crippen LogP contribution in [-0.4, -0.2) is 48.8 Å². The third kappa shape index (κ3) is 4.87. The van der Waals surface area contributed by atoms with Crippen LogP contribution in [0.5, 0.6) is 5.88 Å². The summed E-state index contributed by atoms with van der Waals surface area (Å²) in [6.07, 6.45) is 2.94. The molecule has 32 heavy (non-hydrogen) atoms. The Hall–Kier alpha value is -3.09. The number of benzene rings is 2. The number of hydrogen-bond donors (Lipinski definition) is 1. The summed E-state index contributed by atoms with van der Waals surface area (Å²) < 4.78 is 6.01. The molecule has 1 amide bonds. The fraction of sp³-hybridized carbons (Fsp3) is 0.280. The first-order valence-electron chi connectivity index (χ1n) is 10.7. The molecule has 1 aliphatic rings. The molecule has 1 aromatic heterocycles. The first-order valence-corrected chi connectivity index (χ1v) is 11.0. The molecule has 1 aliphatic heterocycles. The van der Waals surface area contributed by atoms with Gasteiger partial charge >= 0.3 is 0 Å². The normalized spacial score (nSPS) is 15.6. The van der Waals surface area contributed by atoms with Crippen LogP contribution >= 0.6 is 11.6 Å². The summed E-state index contributed by atoms with van der Waals surface area (Å²) in [5.74, 6) is 0.357. The van der Waals surface area contributed by atoms with Gasteiger partial charge in [0.25, 0.3) is 5.91 Å². The van der Waals surface area contributed by atoms with Gasteiger partial charge < -0.3 is 19.6 Å². The number of nitrogens with zero attached hydrogens (tertiary/aromatic N) is 3. The van der Waals surface area contributed by atoms with E-state index in [-0.39, 0.29) is 18.6 Å². The maximum absolute atomic E-state index is 13.0. The van der Waals surface area contributed by atoms with Crippen LogP contribution in [0, 0.1) is 0 Å². The molecule has 1 atom stereocenters. The highest BCUT2D eigenvalue weighted by molar-refractivity contribution is 6.31. The number of ether oxygens (including phenoxy) is 1. The van der Waals surface area contributed by atoms with Gasteiger partial charge in [0.2, 0.25) is 5.88 Å². The molecular weight excluding hydrogens is 426 g/mol. The number of aliphatic hydroxyl groups excluding tert-OH is 1. The number of amides is 1. The Bertz CT molecular complexity index is 1080. The Kier molecular flexibility index (Phi) is 6.93. The summed E-state index contributed by atoms with van der Waals surface area (Å²) in [5, 5.41) is 10.1. The van der Waals surface area contributed by atoms with Gasteiger partial charge in [0.05, 0.1) is 6.54 Å². The predicted octanol–water partition coefficient (Wildman–Crippen LogP) is 4.20. The lowest BCUT2D eigenvalue weighted by Gasteiger charge is -2.24. The van der Waals surface area contributed by atoms with Crippen LogP contribution in [0.2, 0.25) is 5.02 Å². The van der Waals surface area contributed by atoms with Crippen LogP contribution in [0.1, 0.15) is 22.3 Å². The molecule has 166 valence electrons. The topological polar surface area (TPSA) is 65.9 Å². The second-order valence-corrected chi connectivity index (χ2v) is 8.19. The van der Waals surface area contributed by atoms with Crippen molar-refractivity contribution in [2.24, 2.45) is 0 Å². The standard InChI is InChI=1S/C25H26ClN3O3/c1-28(20-6-3-2-4-7-20)25(31)19-9-10-23(18(16-19)12-15-30)29-14-11-21(17-29)32-24-22(26)8-5-13-27-24/h2-10,13,16,21,30H,11-12,14-15,17H2,1H3/t21-/m0/s1. The average molecular weight is 452 g/mol. The van der Waals surface area contributed by atoms with Gasteiger partial charge in [0.1, 0.15) is 11.1 Å². The summed E-state index contributed by atoms with van der Waals surface area (Å²) >= 11 is 6.17.